The van der Waals surface area contributed by atoms with E-state index in [1.807, 2.05) is 0 Å². The van der Waals surface area contributed by atoms with Crippen LogP contribution in [0.15, 0.2) is 0 Å². The third-order valence-corrected chi connectivity index (χ3v) is 4.67. The van der Waals surface area contributed by atoms with E-state index in [2.05, 4.69) is 25.7 Å². The second kappa shape index (κ2) is 7.02. The summed E-state index contributed by atoms with van der Waals surface area (Å²) >= 11 is 0. The number of hydrogen-bond acceptors (Lipinski definition) is 4. The molecule has 1 aliphatic carbocycles. The third-order valence-electron chi connectivity index (χ3n) is 4.67. The molecule has 0 bridgehead atoms. The molecule has 2 unspecified atom stereocenters. The fourth-order valence-corrected chi connectivity index (χ4v) is 3.88. The van der Waals surface area contributed by atoms with Gasteiger partial charge < -0.3 is 15.2 Å². The molecule has 0 heterocycles. The van der Waals surface area contributed by atoms with Crippen LogP contribution in [0.4, 0.5) is 0 Å². The fourth-order valence-electron chi connectivity index (χ4n) is 3.88. The largest absolute Gasteiger partial charge is 0.383 e. The molecule has 4 heteroatoms. The van der Waals surface area contributed by atoms with Gasteiger partial charge in [-0.15, -0.1) is 0 Å². The molecule has 0 aliphatic heterocycles. The Hall–Kier alpha value is -0.160. The van der Waals surface area contributed by atoms with Crippen LogP contribution in [0.1, 0.15) is 33.6 Å². The highest BCUT2D eigenvalue weighted by molar-refractivity contribution is 5.06. The van der Waals surface area contributed by atoms with Crippen LogP contribution >= 0.6 is 0 Å². The van der Waals surface area contributed by atoms with E-state index in [0.29, 0.717) is 17.9 Å². The summed E-state index contributed by atoms with van der Waals surface area (Å²) in [6, 6.07) is 0. The molecule has 0 spiro atoms. The minimum Gasteiger partial charge on any atom is -0.383 e. The van der Waals surface area contributed by atoms with Crippen molar-refractivity contribution in [2.24, 2.45) is 17.1 Å². The van der Waals surface area contributed by atoms with E-state index in [0.717, 1.165) is 32.7 Å². The summed E-state index contributed by atoms with van der Waals surface area (Å²) in [4.78, 5) is 2.50. The zero-order valence-electron chi connectivity index (χ0n) is 13.4. The first-order valence-electron chi connectivity index (χ1n) is 7.35. The quantitative estimate of drug-likeness (QED) is 0.731. The van der Waals surface area contributed by atoms with Gasteiger partial charge in [0.05, 0.1) is 13.2 Å². The first kappa shape index (κ1) is 16.9. The summed E-state index contributed by atoms with van der Waals surface area (Å²) in [6.07, 6.45) is 2.39. The summed E-state index contributed by atoms with van der Waals surface area (Å²) < 4.78 is 10.5. The maximum absolute atomic E-state index is 6.20. The Morgan fingerprint density at radius 3 is 2.00 bits per heavy atom. The molecule has 114 valence electrons. The molecule has 2 atom stereocenters. The second-order valence-corrected chi connectivity index (χ2v) is 6.73. The molecule has 0 aromatic rings. The summed E-state index contributed by atoms with van der Waals surface area (Å²) in [6.45, 7) is 11.1. The van der Waals surface area contributed by atoms with Crippen LogP contribution in [0.5, 0.6) is 0 Å². The number of rotatable bonds is 8. The summed E-state index contributed by atoms with van der Waals surface area (Å²) in [7, 11) is 3.51. The van der Waals surface area contributed by atoms with Gasteiger partial charge in [-0.3, -0.25) is 4.90 Å². The summed E-state index contributed by atoms with van der Waals surface area (Å²) in [5, 5.41) is 0. The summed E-state index contributed by atoms with van der Waals surface area (Å²) in [5.74, 6) is 0.612. The Bertz CT molecular complexity index is 263. The van der Waals surface area contributed by atoms with Crippen molar-refractivity contribution in [3.63, 3.8) is 0 Å². The Kier molecular flexibility index (Phi) is 6.24. The van der Waals surface area contributed by atoms with Crippen LogP contribution in [0.25, 0.3) is 0 Å². The van der Waals surface area contributed by atoms with Gasteiger partial charge in [0.25, 0.3) is 0 Å². The number of hydrogen-bond donors (Lipinski definition) is 1. The van der Waals surface area contributed by atoms with Gasteiger partial charge in [0.2, 0.25) is 0 Å². The van der Waals surface area contributed by atoms with Crippen molar-refractivity contribution >= 4 is 0 Å². The van der Waals surface area contributed by atoms with Crippen LogP contribution in [0.3, 0.4) is 0 Å². The molecule has 1 rings (SSSR count). The highest BCUT2D eigenvalue weighted by Gasteiger charge is 2.50. The van der Waals surface area contributed by atoms with Gasteiger partial charge in [-0.25, -0.2) is 0 Å². The number of nitrogens with zero attached hydrogens (tertiary/aromatic N) is 1. The Morgan fingerprint density at radius 2 is 1.68 bits per heavy atom. The third kappa shape index (κ3) is 3.91. The lowest BCUT2D eigenvalue weighted by Gasteiger charge is -2.44. The van der Waals surface area contributed by atoms with Gasteiger partial charge in [0.15, 0.2) is 0 Å². The van der Waals surface area contributed by atoms with E-state index < -0.39 is 0 Å². The SMILES string of the molecule is COCCN(CCOC)C1(CN)CC(C)(C)CC1C. The topological polar surface area (TPSA) is 47.7 Å². The van der Waals surface area contributed by atoms with Crippen LogP contribution in [-0.4, -0.2) is 57.5 Å². The number of nitrogens with two attached hydrogens (primary N) is 1. The lowest BCUT2D eigenvalue weighted by molar-refractivity contribution is 0.0156. The minimum absolute atomic E-state index is 0.0978. The average molecular weight is 272 g/mol. The summed E-state index contributed by atoms with van der Waals surface area (Å²) in [5.41, 5.74) is 6.67. The predicted molar refractivity (Wildman–Crippen MR) is 79.3 cm³/mol. The van der Waals surface area contributed by atoms with Crippen molar-refractivity contribution in [3.05, 3.63) is 0 Å². The number of methoxy groups -OCH3 is 2. The standard InChI is InChI=1S/C15H32N2O2/c1-13-10-14(2,3)11-15(13,12-16)17(6-8-18-4)7-9-19-5/h13H,6-12,16H2,1-5H3. The van der Waals surface area contributed by atoms with Gasteiger partial charge in [0.1, 0.15) is 0 Å². The van der Waals surface area contributed by atoms with E-state index in [-0.39, 0.29) is 5.54 Å². The maximum Gasteiger partial charge on any atom is 0.0589 e. The van der Waals surface area contributed by atoms with Gasteiger partial charge in [-0.2, -0.15) is 0 Å². The lowest BCUT2D eigenvalue weighted by Crippen LogP contribution is -2.57. The Balaban J connectivity index is 2.87. The first-order chi connectivity index (χ1) is 8.91. The van der Waals surface area contributed by atoms with Gasteiger partial charge in [0, 0.05) is 39.4 Å². The van der Waals surface area contributed by atoms with Crippen molar-refractivity contribution < 1.29 is 9.47 Å². The van der Waals surface area contributed by atoms with Crippen LogP contribution in [-0.2, 0) is 9.47 Å². The van der Waals surface area contributed by atoms with Crippen LogP contribution in [0.2, 0.25) is 0 Å². The highest BCUT2D eigenvalue weighted by Crippen LogP contribution is 2.49. The van der Waals surface area contributed by atoms with E-state index in [4.69, 9.17) is 15.2 Å². The molecule has 1 fully saturated rings. The smallest absolute Gasteiger partial charge is 0.0589 e. The highest BCUT2D eigenvalue weighted by atomic mass is 16.5. The van der Waals surface area contributed by atoms with E-state index in [1.54, 1.807) is 14.2 Å². The Morgan fingerprint density at radius 1 is 1.16 bits per heavy atom. The monoisotopic (exact) mass is 272 g/mol. The van der Waals surface area contributed by atoms with Crippen molar-refractivity contribution in [3.8, 4) is 0 Å². The van der Waals surface area contributed by atoms with Crippen molar-refractivity contribution in [2.45, 2.75) is 39.2 Å². The molecule has 4 nitrogen and oxygen atoms in total. The zero-order valence-corrected chi connectivity index (χ0v) is 13.4. The van der Waals surface area contributed by atoms with E-state index in [9.17, 15) is 0 Å². The van der Waals surface area contributed by atoms with Crippen LogP contribution in [0, 0.1) is 11.3 Å². The van der Waals surface area contributed by atoms with Crippen molar-refractivity contribution in [1.82, 2.24) is 4.90 Å². The molecule has 1 aliphatic rings. The molecule has 1 saturated carbocycles. The molecular weight excluding hydrogens is 240 g/mol. The lowest BCUT2D eigenvalue weighted by atomic mass is 9.84. The minimum atomic E-state index is 0.0978. The van der Waals surface area contributed by atoms with E-state index in [1.165, 1.54) is 6.42 Å². The van der Waals surface area contributed by atoms with Crippen LogP contribution < -0.4 is 5.73 Å². The molecule has 0 aromatic heterocycles. The molecule has 0 radical (unpaired) electrons. The van der Waals surface area contributed by atoms with Crippen molar-refractivity contribution in [2.75, 3.05) is 47.1 Å². The second-order valence-electron chi connectivity index (χ2n) is 6.73. The number of ether oxygens (including phenoxy) is 2. The molecule has 2 N–H and O–H groups in total. The van der Waals surface area contributed by atoms with E-state index >= 15 is 0 Å². The van der Waals surface area contributed by atoms with Gasteiger partial charge in [-0.05, 0) is 24.2 Å². The maximum atomic E-state index is 6.20. The normalized spacial score (nSPS) is 30.2. The first-order valence-corrected chi connectivity index (χ1v) is 7.35. The van der Waals surface area contributed by atoms with Gasteiger partial charge >= 0.3 is 0 Å². The zero-order chi connectivity index (χ0) is 14.5. The molecule has 0 saturated heterocycles. The fraction of sp³-hybridized carbons (Fsp3) is 1.00. The molecule has 0 aromatic carbocycles. The average Bonchev–Trinajstić information content (AvgIpc) is 2.59. The molecule has 19 heavy (non-hydrogen) atoms. The predicted octanol–water partition coefficient (Wildman–Crippen LogP) is 1.73. The van der Waals surface area contributed by atoms with Crippen molar-refractivity contribution in [1.29, 1.82) is 0 Å². The van der Waals surface area contributed by atoms with Gasteiger partial charge in [-0.1, -0.05) is 20.8 Å². The Labute approximate surface area is 118 Å². The molecular formula is C15H32N2O2. The molecule has 0 amide bonds.